The molecule has 3 heteroatoms. The Labute approximate surface area is 123 Å². The van der Waals surface area contributed by atoms with Gasteiger partial charge in [-0.3, -0.25) is 0 Å². The van der Waals surface area contributed by atoms with Crippen LogP contribution in [0.15, 0.2) is 5.38 Å². The van der Waals surface area contributed by atoms with Gasteiger partial charge in [-0.25, -0.2) is 4.98 Å². The zero-order valence-electron chi connectivity index (χ0n) is 13.1. The van der Waals surface area contributed by atoms with Gasteiger partial charge in [0.15, 0.2) is 0 Å². The molecule has 1 heterocycles. The van der Waals surface area contributed by atoms with Crippen molar-refractivity contribution in [3.63, 3.8) is 0 Å². The highest BCUT2D eigenvalue weighted by Gasteiger charge is 2.17. The van der Waals surface area contributed by atoms with Crippen LogP contribution in [0.4, 0.5) is 0 Å². The van der Waals surface area contributed by atoms with Gasteiger partial charge in [0.05, 0.1) is 10.7 Å². The minimum absolute atomic E-state index is 0.183. The van der Waals surface area contributed by atoms with Gasteiger partial charge in [0, 0.05) is 17.3 Å². The van der Waals surface area contributed by atoms with Gasteiger partial charge in [0.1, 0.15) is 0 Å². The highest BCUT2D eigenvalue weighted by molar-refractivity contribution is 7.09. The number of nitrogens with one attached hydrogen (secondary N) is 1. The van der Waals surface area contributed by atoms with Crippen LogP contribution in [0.3, 0.4) is 0 Å². The van der Waals surface area contributed by atoms with E-state index >= 15 is 0 Å². The average molecular weight is 282 g/mol. The molecule has 19 heavy (non-hydrogen) atoms. The number of aromatic nitrogens is 1. The maximum atomic E-state index is 4.70. The molecule has 0 bridgehead atoms. The van der Waals surface area contributed by atoms with E-state index in [-0.39, 0.29) is 5.41 Å². The van der Waals surface area contributed by atoms with Crippen molar-refractivity contribution in [2.45, 2.75) is 78.2 Å². The Bertz CT molecular complexity index is 339. The molecule has 0 spiro atoms. The van der Waals surface area contributed by atoms with Crippen molar-refractivity contribution < 1.29 is 0 Å². The summed E-state index contributed by atoms with van der Waals surface area (Å²) in [6.45, 7) is 11.0. The zero-order chi connectivity index (χ0) is 14.1. The van der Waals surface area contributed by atoms with E-state index in [0.717, 1.165) is 13.1 Å². The maximum absolute atomic E-state index is 4.70. The molecule has 0 aliphatic heterocycles. The molecule has 0 saturated carbocycles. The van der Waals surface area contributed by atoms with E-state index in [1.54, 1.807) is 11.3 Å². The number of rotatable bonds is 9. The van der Waals surface area contributed by atoms with E-state index in [2.05, 4.69) is 38.4 Å². The molecule has 1 rings (SSSR count). The molecule has 0 amide bonds. The molecule has 110 valence electrons. The normalized spacial score (nSPS) is 12.0. The van der Waals surface area contributed by atoms with Crippen LogP contribution in [0.5, 0.6) is 0 Å². The number of unbranched alkanes of at least 4 members (excludes halogenated alkanes) is 5. The first-order chi connectivity index (χ1) is 9.04. The van der Waals surface area contributed by atoms with E-state index in [9.17, 15) is 0 Å². The van der Waals surface area contributed by atoms with Gasteiger partial charge in [0.25, 0.3) is 0 Å². The second-order valence-electron chi connectivity index (χ2n) is 6.34. The molecule has 2 nitrogen and oxygen atoms in total. The van der Waals surface area contributed by atoms with Gasteiger partial charge in [-0.1, -0.05) is 59.8 Å². The molecular weight excluding hydrogens is 252 g/mol. The number of nitrogens with zero attached hydrogens (tertiary/aromatic N) is 1. The zero-order valence-corrected chi connectivity index (χ0v) is 13.9. The minimum Gasteiger partial charge on any atom is -0.311 e. The molecule has 0 fully saturated rings. The number of hydrogen-bond acceptors (Lipinski definition) is 3. The Hall–Kier alpha value is -0.410. The molecule has 1 aromatic rings. The SMILES string of the molecule is CCCCCCCCNCc1csc(C(C)(C)C)n1. The predicted molar refractivity (Wildman–Crippen MR) is 85.9 cm³/mol. The first kappa shape index (κ1) is 16.6. The molecule has 1 aromatic heterocycles. The summed E-state index contributed by atoms with van der Waals surface area (Å²) in [5.41, 5.74) is 1.38. The Balaban J connectivity index is 2.08. The van der Waals surface area contributed by atoms with Crippen molar-refractivity contribution in [3.05, 3.63) is 16.1 Å². The van der Waals surface area contributed by atoms with Crippen LogP contribution >= 0.6 is 11.3 Å². The lowest BCUT2D eigenvalue weighted by Gasteiger charge is -2.13. The summed E-state index contributed by atoms with van der Waals surface area (Å²) < 4.78 is 0. The van der Waals surface area contributed by atoms with Gasteiger partial charge in [-0.15, -0.1) is 11.3 Å². The fraction of sp³-hybridized carbons (Fsp3) is 0.812. The van der Waals surface area contributed by atoms with E-state index in [0.29, 0.717) is 0 Å². The Morgan fingerprint density at radius 2 is 1.79 bits per heavy atom. The lowest BCUT2D eigenvalue weighted by molar-refractivity contribution is 0.562. The lowest BCUT2D eigenvalue weighted by Crippen LogP contribution is -2.16. The molecule has 0 saturated heterocycles. The summed E-state index contributed by atoms with van der Waals surface area (Å²) in [7, 11) is 0. The fourth-order valence-corrected chi connectivity index (χ4v) is 2.89. The minimum atomic E-state index is 0.183. The van der Waals surface area contributed by atoms with Crippen molar-refractivity contribution in [1.29, 1.82) is 0 Å². The van der Waals surface area contributed by atoms with Crippen molar-refractivity contribution in [2.75, 3.05) is 6.54 Å². The van der Waals surface area contributed by atoms with Crippen molar-refractivity contribution in [1.82, 2.24) is 10.3 Å². The highest BCUT2D eigenvalue weighted by atomic mass is 32.1. The molecule has 0 radical (unpaired) electrons. The maximum Gasteiger partial charge on any atom is 0.0982 e. The molecular formula is C16H30N2S. The van der Waals surface area contributed by atoms with Crippen LogP contribution in [0.1, 0.15) is 76.9 Å². The summed E-state index contributed by atoms with van der Waals surface area (Å²) in [5.74, 6) is 0. The Morgan fingerprint density at radius 3 is 2.42 bits per heavy atom. The Kier molecular flexibility index (Phi) is 7.62. The quantitative estimate of drug-likeness (QED) is 0.652. The third kappa shape index (κ3) is 7.07. The van der Waals surface area contributed by atoms with Crippen LogP contribution in [-0.2, 0) is 12.0 Å². The van der Waals surface area contributed by atoms with Crippen molar-refractivity contribution in [3.8, 4) is 0 Å². The summed E-state index contributed by atoms with van der Waals surface area (Å²) in [6, 6.07) is 0. The fourth-order valence-electron chi connectivity index (χ4n) is 1.98. The molecule has 0 unspecified atom stereocenters. The van der Waals surface area contributed by atoms with Gasteiger partial charge in [0.2, 0.25) is 0 Å². The van der Waals surface area contributed by atoms with Crippen LogP contribution in [-0.4, -0.2) is 11.5 Å². The third-order valence-corrected chi connectivity index (χ3v) is 4.52. The number of hydrogen-bond donors (Lipinski definition) is 1. The molecule has 1 N–H and O–H groups in total. The second kappa shape index (κ2) is 8.70. The van der Waals surface area contributed by atoms with Gasteiger partial charge in [-0.05, 0) is 13.0 Å². The smallest absolute Gasteiger partial charge is 0.0982 e. The highest BCUT2D eigenvalue weighted by Crippen LogP contribution is 2.25. The summed E-state index contributed by atoms with van der Waals surface area (Å²) in [5, 5.41) is 6.93. The summed E-state index contributed by atoms with van der Waals surface area (Å²) in [6.07, 6.45) is 8.16. The van der Waals surface area contributed by atoms with Crippen molar-refractivity contribution in [2.24, 2.45) is 0 Å². The largest absolute Gasteiger partial charge is 0.311 e. The van der Waals surface area contributed by atoms with Crippen molar-refractivity contribution >= 4 is 11.3 Å². The predicted octanol–water partition coefficient (Wildman–Crippen LogP) is 4.89. The second-order valence-corrected chi connectivity index (χ2v) is 7.20. The summed E-state index contributed by atoms with van der Waals surface area (Å²) in [4.78, 5) is 4.70. The van der Waals surface area contributed by atoms with Gasteiger partial charge in [-0.2, -0.15) is 0 Å². The summed E-state index contributed by atoms with van der Waals surface area (Å²) >= 11 is 1.78. The average Bonchev–Trinajstić information content (AvgIpc) is 2.81. The van der Waals surface area contributed by atoms with Crippen LogP contribution in [0.25, 0.3) is 0 Å². The third-order valence-electron chi connectivity index (χ3n) is 3.21. The standard InChI is InChI=1S/C16H30N2S/c1-5-6-7-8-9-10-11-17-12-14-13-19-15(18-14)16(2,3)4/h13,17H,5-12H2,1-4H3. The lowest BCUT2D eigenvalue weighted by atomic mass is 9.98. The van der Waals surface area contributed by atoms with E-state index < -0.39 is 0 Å². The van der Waals surface area contributed by atoms with Crippen LogP contribution < -0.4 is 5.32 Å². The van der Waals surface area contributed by atoms with Crippen LogP contribution in [0.2, 0.25) is 0 Å². The molecule has 0 aliphatic rings. The molecule has 0 aliphatic carbocycles. The van der Waals surface area contributed by atoms with Gasteiger partial charge >= 0.3 is 0 Å². The van der Waals surface area contributed by atoms with Crippen LogP contribution in [0, 0.1) is 0 Å². The first-order valence-corrected chi connectivity index (χ1v) is 8.57. The van der Waals surface area contributed by atoms with Gasteiger partial charge < -0.3 is 5.32 Å². The molecule has 0 aromatic carbocycles. The van der Waals surface area contributed by atoms with E-state index in [1.807, 2.05) is 0 Å². The number of thiazole rings is 1. The van der Waals surface area contributed by atoms with E-state index in [4.69, 9.17) is 4.98 Å². The molecule has 0 atom stereocenters. The topological polar surface area (TPSA) is 24.9 Å². The van der Waals surface area contributed by atoms with E-state index in [1.165, 1.54) is 49.2 Å². The monoisotopic (exact) mass is 282 g/mol. The first-order valence-electron chi connectivity index (χ1n) is 7.69. The Morgan fingerprint density at radius 1 is 1.11 bits per heavy atom.